The van der Waals surface area contributed by atoms with Gasteiger partial charge in [-0.05, 0) is 36.3 Å². The van der Waals surface area contributed by atoms with E-state index in [-0.39, 0.29) is 6.10 Å². The SMILES string of the molecule is C=CC(O)CC[C@@](O)(CC1CCCCC1)[C@@H](OCc1ccccc1)[C@H](CN1CCOCC1)OCc1ccccc1. The second-order valence-corrected chi connectivity index (χ2v) is 11.6. The summed E-state index contributed by atoms with van der Waals surface area (Å²) in [6.07, 6.45) is 7.35. The summed E-state index contributed by atoms with van der Waals surface area (Å²) in [7, 11) is 0. The third-order valence-corrected chi connectivity index (χ3v) is 8.50. The Bertz CT molecular complexity index is 961. The first-order chi connectivity index (χ1) is 19.6. The van der Waals surface area contributed by atoms with Gasteiger partial charge in [0.25, 0.3) is 0 Å². The maximum Gasteiger partial charge on any atom is 0.114 e. The molecular weight excluding hydrogens is 502 g/mol. The number of hydrogen-bond acceptors (Lipinski definition) is 6. The second-order valence-electron chi connectivity index (χ2n) is 11.6. The van der Waals surface area contributed by atoms with Crippen LogP contribution in [0.3, 0.4) is 0 Å². The maximum absolute atomic E-state index is 12.6. The Balaban J connectivity index is 1.64. The number of ether oxygens (including phenoxy) is 3. The summed E-state index contributed by atoms with van der Waals surface area (Å²) in [4.78, 5) is 2.36. The average molecular weight is 552 g/mol. The Hall–Kier alpha value is -2.06. The van der Waals surface area contributed by atoms with Gasteiger partial charge in [-0.15, -0.1) is 6.58 Å². The van der Waals surface area contributed by atoms with Crippen LogP contribution in [-0.4, -0.2) is 71.9 Å². The van der Waals surface area contributed by atoms with Crippen LogP contribution >= 0.6 is 0 Å². The third kappa shape index (κ3) is 9.79. The summed E-state index contributed by atoms with van der Waals surface area (Å²) >= 11 is 0. The average Bonchev–Trinajstić information content (AvgIpc) is 3.00. The Morgan fingerprint density at radius 3 is 2.12 bits per heavy atom. The zero-order valence-corrected chi connectivity index (χ0v) is 24.0. The number of nitrogens with zero attached hydrogens (tertiary/aromatic N) is 1. The van der Waals surface area contributed by atoms with Crippen molar-refractivity contribution in [1.29, 1.82) is 0 Å². The number of benzene rings is 2. The van der Waals surface area contributed by atoms with Crippen LogP contribution in [-0.2, 0) is 27.4 Å². The van der Waals surface area contributed by atoms with Crippen LogP contribution in [0.5, 0.6) is 0 Å². The summed E-state index contributed by atoms with van der Waals surface area (Å²) in [6, 6.07) is 20.3. The molecule has 2 fully saturated rings. The fourth-order valence-electron chi connectivity index (χ4n) is 6.19. The first-order valence-corrected chi connectivity index (χ1v) is 15.2. The molecule has 1 aliphatic heterocycles. The van der Waals surface area contributed by atoms with Gasteiger partial charge in [0.1, 0.15) is 6.10 Å². The van der Waals surface area contributed by atoms with E-state index in [1.165, 1.54) is 19.3 Å². The van der Waals surface area contributed by atoms with E-state index in [2.05, 4.69) is 35.7 Å². The van der Waals surface area contributed by atoms with E-state index in [4.69, 9.17) is 14.2 Å². The minimum absolute atomic E-state index is 0.364. The van der Waals surface area contributed by atoms with Crippen LogP contribution in [0.2, 0.25) is 0 Å². The minimum atomic E-state index is -1.16. The van der Waals surface area contributed by atoms with E-state index in [1.807, 2.05) is 36.4 Å². The van der Waals surface area contributed by atoms with Crippen molar-refractivity contribution in [1.82, 2.24) is 4.90 Å². The van der Waals surface area contributed by atoms with Gasteiger partial charge in [-0.2, -0.15) is 0 Å². The first-order valence-electron chi connectivity index (χ1n) is 15.2. The van der Waals surface area contributed by atoms with Crippen LogP contribution < -0.4 is 0 Å². The molecular formula is C34H49NO5. The van der Waals surface area contributed by atoms with Crippen molar-refractivity contribution in [3.63, 3.8) is 0 Å². The number of rotatable bonds is 16. The molecule has 6 nitrogen and oxygen atoms in total. The van der Waals surface area contributed by atoms with Gasteiger partial charge in [0.15, 0.2) is 0 Å². The van der Waals surface area contributed by atoms with Crippen molar-refractivity contribution in [3.05, 3.63) is 84.4 Å². The van der Waals surface area contributed by atoms with Gasteiger partial charge in [-0.3, -0.25) is 4.90 Å². The zero-order chi connectivity index (χ0) is 28.0. The van der Waals surface area contributed by atoms with E-state index in [0.717, 1.165) is 37.1 Å². The van der Waals surface area contributed by atoms with Gasteiger partial charge in [-0.25, -0.2) is 0 Å². The van der Waals surface area contributed by atoms with Crippen LogP contribution in [0.15, 0.2) is 73.3 Å². The second kappa shape index (κ2) is 16.4. The molecule has 0 radical (unpaired) electrons. The zero-order valence-electron chi connectivity index (χ0n) is 24.0. The van der Waals surface area contributed by atoms with Gasteiger partial charge in [-0.1, -0.05) is 98.8 Å². The predicted molar refractivity (Wildman–Crippen MR) is 159 cm³/mol. The molecule has 4 atom stereocenters. The lowest BCUT2D eigenvalue weighted by Gasteiger charge is -2.44. The smallest absolute Gasteiger partial charge is 0.114 e. The van der Waals surface area contributed by atoms with Crippen LogP contribution in [0.25, 0.3) is 0 Å². The highest BCUT2D eigenvalue weighted by molar-refractivity contribution is 5.15. The van der Waals surface area contributed by atoms with Gasteiger partial charge < -0.3 is 24.4 Å². The van der Waals surface area contributed by atoms with Gasteiger partial charge in [0.2, 0.25) is 0 Å². The number of aliphatic hydroxyl groups excluding tert-OH is 1. The molecule has 2 aromatic rings. The molecule has 40 heavy (non-hydrogen) atoms. The Morgan fingerprint density at radius 2 is 1.52 bits per heavy atom. The fourth-order valence-corrected chi connectivity index (χ4v) is 6.19. The monoisotopic (exact) mass is 551 g/mol. The van der Waals surface area contributed by atoms with E-state index >= 15 is 0 Å². The molecule has 1 heterocycles. The minimum Gasteiger partial charge on any atom is -0.389 e. The Labute approximate surface area is 241 Å². The van der Waals surface area contributed by atoms with Gasteiger partial charge in [0.05, 0.1) is 44.2 Å². The lowest BCUT2D eigenvalue weighted by molar-refractivity contribution is -0.193. The molecule has 0 bridgehead atoms. The largest absolute Gasteiger partial charge is 0.389 e. The topological polar surface area (TPSA) is 71.4 Å². The summed E-state index contributed by atoms with van der Waals surface area (Å²) in [6.45, 7) is 8.28. The molecule has 6 heteroatoms. The van der Waals surface area contributed by atoms with E-state index < -0.39 is 17.8 Å². The predicted octanol–water partition coefficient (Wildman–Crippen LogP) is 5.52. The lowest BCUT2D eigenvalue weighted by atomic mass is 9.75. The van der Waals surface area contributed by atoms with E-state index in [9.17, 15) is 10.2 Å². The van der Waals surface area contributed by atoms with Gasteiger partial charge in [0, 0.05) is 19.6 Å². The summed E-state index contributed by atoms with van der Waals surface area (Å²) in [5.41, 5.74) is 0.995. The maximum atomic E-state index is 12.6. The van der Waals surface area contributed by atoms with Crippen LogP contribution in [0.1, 0.15) is 62.5 Å². The Morgan fingerprint density at radius 1 is 0.925 bits per heavy atom. The number of morpholine rings is 1. The molecule has 1 unspecified atom stereocenters. The van der Waals surface area contributed by atoms with Gasteiger partial charge >= 0.3 is 0 Å². The molecule has 2 N–H and O–H groups in total. The summed E-state index contributed by atoms with van der Waals surface area (Å²) in [5, 5.41) is 23.1. The van der Waals surface area contributed by atoms with E-state index in [1.54, 1.807) is 6.08 Å². The highest BCUT2D eigenvalue weighted by Gasteiger charge is 2.45. The normalized spacial score (nSPS) is 20.9. The molecule has 1 saturated heterocycles. The number of aliphatic hydroxyl groups is 2. The number of hydrogen-bond donors (Lipinski definition) is 2. The van der Waals surface area contributed by atoms with Crippen molar-refractivity contribution in [2.45, 2.75) is 88.5 Å². The molecule has 1 saturated carbocycles. The molecule has 0 amide bonds. The molecule has 4 rings (SSSR count). The first kappa shape index (κ1) is 30.9. The van der Waals surface area contributed by atoms with Crippen molar-refractivity contribution in [2.24, 2.45) is 5.92 Å². The molecule has 1 aliphatic carbocycles. The molecule has 0 aromatic heterocycles. The quantitative estimate of drug-likeness (QED) is 0.268. The standard InChI is InChI=1S/C34H49NO5/c1-2-31(36)18-19-34(37,24-28-12-6-3-7-13-28)33(40-27-30-16-10-5-11-17-30)32(25-35-20-22-38-23-21-35)39-26-29-14-8-4-9-15-29/h2,4-5,8-11,14-17,28,31-33,36-37H,1,3,6-7,12-13,18-27H2/t31?,32-,33-,34+/m0/s1. The summed E-state index contributed by atoms with van der Waals surface area (Å²) in [5.74, 6) is 0.431. The fraction of sp³-hybridized carbons (Fsp3) is 0.588. The highest BCUT2D eigenvalue weighted by Crippen LogP contribution is 2.38. The highest BCUT2D eigenvalue weighted by atomic mass is 16.6. The van der Waals surface area contributed by atoms with Crippen molar-refractivity contribution in [3.8, 4) is 0 Å². The Kier molecular flexibility index (Phi) is 12.7. The molecule has 2 aliphatic rings. The molecule has 220 valence electrons. The molecule has 0 spiro atoms. The lowest BCUT2D eigenvalue weighted by Crippen LogP contribution is -2.56. The molecule has 2 aromatic carbocycles. The summed E-state index contributed by atoms with van der Waals surface area (Å²) < 4.78 is 19.1. The third-order valence-electron chi connectivity index (χ3n) is 8.50. The van der Waals surface area contributed by atoms with Crippen LogP contribution in [0.4, 0.5) is 0 Å². The van der Waals surface area contributed by atoms with Crippen molar-refractivity contribution < 1.29 is 24.4 Å². The van der Waals surface area contributed by atoms with Crippen molar-refractivity contribution in [2.75, 3.05) is 32.8 Å². The van der Waals surface area contributed by atoms with Crippen LogP contribution in [0, 0.1) is 5.92 Å². The van der Waals surface area contributed by atoms with Crippen molar-refractivity contribution >= 4 is 0 Å². The van der Waals surface area contributed by atoms with E-state index in [0.29, 0.717) is 58.2 Å².